The third kappa shape index (κ3) is 3.16. The monoisotopic (exact) mass is 253 g/mol. The Morgan fingerprint density at radius 3 is 2.94 bits per heavy atom. The molecule has 1 aromatic carbocycles. The minimum atomic E-state index is 0. The number of nitrogens with one attached hydrogen (secondary N) is 1. The quantitative estimate of drug-likeness (QED) is 0.894. The van der Waals surface area contributed by atoms with Crippen molar-refractivity contribution in [2.24, 2.45) is 0 Å². The van der Waals surface area contributed by atoms with Crippen LogP contribution in [0.5, 0.6) is 5.75 Å². The van der Waals surface area contributed by atoms with Crippen LogP contribution in [0.1, 0.15) is 24.5 Å². The van der Waals surface area contributed by atoms with E-state index in [9.17, 15) is 0 Å². The van der Waals surface area contributed by atoms with Gasteiger partial charge in [0.15, 0.2) is 0 Å². The van der Waals surface area contributed by atoms with E-state index >= 15 is 0 Å². The first-order chi connectivity index (χ1) is 7.85. The summed E-state index contributed by atoms with van der Waals surface area (Å²) in [7, 11) is 1.75. The zero-order valence-corrected chi connectivity index (χ0v) is 11.2. The van der Waals surface area contributed by atoms with E-state index in [2.05, 4.69) is 23.5 Å². The summed E-state index contributed by atoms with van der Waals surface area (Å²) in [4.78, 5) is 0. The van der Waals surface area contributed by atoms with Crippen LogP contribution in [0.2, 0.25) is 0 Å². The molecule has 0 spiro atoms. The van der Waals surface area contributed by atoms with Crippen molar-refractivity contribution in [3.8, 4) is 5.75 Å². The number of hydrogen-bond acceptors (Lipinski definition) is 2. The number of halogens is 1. The molecule has 0 aliphatic heterocycles. The lowest BCUT2D eigenvalue weighted by molar-refractivity contribution is 0.400. The molecule has 1 aromatic rings. The summed E-state index contributed by atoms with van der Waals surface area (Å²) in [6, 6.07) is 6.89. The van der Waals surface area contributed by atoms with Gasteiger partial charge in [0.2, 0.25) is 0 Å². The van der Waals surface area contributed by atoms with Gasteiger partial charge in [-0.2, -0.15) is 0 Å². The molecule has 0 amide bonds. The molecule has 0 fully saturated rings. The van der Waals surface area contributed by atoms with Gasteiger partial charge in [-0.25, -0.2) is 0 Å². The maximum atomic E-state index is 5.42. The van der Waals surface area contributed by atoms with Gasteiger partial charge in [-0.05, 0) is 49.6 Å². The summed E-state index contributed by atoms with van der Waals surface area (Å²) in [5.41, 5.74) is 2.82. The van der Waals surface area contributed by atoms with Crippen LogP contribution in [0.3, 0.4) is 0 Å². The molecule has 1 unspecified atom stereocenters. The van der Waals surface area contributed by atoms with Gasteiger partial charge in [0.25, 0.3) is 0 Å². The number of hydrogen-bond donors (Lipinski definition) is 1. The van der Waals surface area contributed by atoms with Gasteiger partial charge in [-0.1, -0.05) is 18.2 Å². The molecule has 1 aliphatic carbocycles. The molecule has 17 heavy (non-hydrogen) atoms. The van der Waals surface area contributed by atoms with Crippen LogP contribution < -0.4 is 10.1 Å². The average molecular weight is 254 g/mol. The average Bonchev–Trinajstić information content (AvgIpc) is 2.35. The Labute approximate surface area is 109 Å². The SMILES string of the molecule is C/C=C\NC1CCc2cccc(OC)c2C1.Cl. The topological polar surface area (TPSA) is 21.3 Å². The molecule has 1 N–H and O–H groups in total. The van der Waals surface area contributed by atoms with E-state index in [1.54, 1.807) is 7.11 Å². The molecule has 2 nitrogen and oxygen atoms in total. The van der Waals surface area contributed by atoms with E-state index in [1.807, 2.05) is 19.2 Å². The van der Waals surface area contributed by atoms with Gasteiger partial charge in [-0.15, -0.1) is 12.4 Å². The molecule has 0 aromatic heterocycles. The number of aryl methyl sites for hydroxylation is 1. The first kappa shape index (κ1) is 13.9. The number of allylic oxidation sites excluding steroid dienone is 1. The van der Waals surface area contributed by atoms with E-state index in [1.165, 1.54) is 17.5 Å². The van der Waals surface area contributed by atoms with Crippen molar-refractivity contribution < 1.29 is 4.74 Å². The summed E-state index contributed by atoms with van der Waals surface area (Å²) < 4.78 is 5.42. The smallest absolute Gasteiger partial charge is 0.122 e. The predicted molar refractivity (Wildman–Crippen MR) is 74.0 cm³/mol. The third-order valence-corrected chi connectivity index (χ3v) is 3.16. The molecule has 0 saturated heterocycles. The summed E-state index contributed by atoms with van der Waals surface area (Å²) in [6.07, 6.45) is 7.47. The van der Waals surface area contributed by atoms with Crippen LogP contribution in [0.25, 0.3) is 0 Å². The molecule has 94 valence electrons. The lowest BCUT2D eigenvalue weighted by atomic mass is 9.88. The summed E-state index contributed by atoms with van der Waals surface area (Å²) in [5, 5.41) is 3.43. The van der Waals surface area contributed by atoms with Gasteiger partial charge in [-0.3, -0.25) is 0 Å². The van der Waals surface area contributed by atoms with Crippen molar-refractivity contribution in [3.05, 3.63) is 41.6 Å². The molecule has 0 radical (unpaired) electrons. The van der Waals surface area contributed by atoms with E-state index in [-0.39, 0.29) is 12.4 Å². The minimum absolute atomic E-state index is 0. The minimum Gasteiger partial charge on any atom is -0.496 e. The number of rotatable bonds is 3. The van der Waals surface area contributed by atoms with Gasteiger partial charge in [0.1, 0.15) is 5.75 Å². The molecule has 0 bridgehead atoms. The van der Waals surface area contributed by atoms with Crippen molar-refractivity contribution in [3.63, 3.8) is 0 Å². The lowest BCUT2D eigenvalue weighted by Crippen LogP contribution is -2.31. The Balaban J connectivity index is 0.00000144. The zero-order chi connectivity index (χ0) is 11.4. The fourth-order valence-corrected chi connectivity index (χ4v) is 2.32. The van der Waals surface area contributed by atoms with Crippen LogP contribution in [0.15, 0.2) is 30.5 Å². The second-order valence-electron chi connectivity index (χ2n) is 4.20. The first-order valence-corrected chi connectivity index (χ1v) is 5.87. The lowest BCUT2D eigenvalue weighted by Gasteiger charge is -2.26. The summed E-state index contributed by atoms with van der Waals surface area (Å²) >= 11 is 0. The Morgan fingerprint density at radius 2 is 2.24 bits per heavy atom. The van der Waals surface area contributed by atoms with E-state index < -0.39 is 0 Å². The van der Waals surface area contributed by atoms with Crippen molar-refractivity contribution in [2.45, 2.75) is 32.2 Å². The Hall–Kier alpha value is -1.15. The maximum Gasteiger partial charge on any atom is 0.122 e. The Kier molecular flexibility index (Phi) is 5.36. The summed E-state index contributed by atoms with van der Waals surface area (Å²) in [5.74, 6) is 1.03. The second kappa shape index (κ2) is 6.55. The van der Waals surface area contributed by atoms with Crippen molar-refractivity contribution >= 4 is 12.4 Å². The van der Waals surface area contributed by atoms with Crippen LogP contribution in [0, 0.1) is 0 Å². The predicted octanol–water partition coefficient (Wildman–Crippen LogP) is 3.10. The van der Waals surface area contributed by atoms with Crippen molar-refractivity contribution in [1.82, 2.24) is 5.32 Å². The molecule has 0 saturated carbocycles. The van der Waals surface area contributed by atoms with E-state index in [0.717, 1.165) is 18.6 Å². The molecule has 0 heterocycles. The third-order valence-electron chi connectivity index (χ3n) is 3.16. The number of fused-ring (bicyclic) bond motifs is 1. The van der Waals surface area contributed by atoms with Crippen LogP contribution in [-0.4, -0.2) is 13.2 Å². The highest BCUT2D eigenvalue weighted by molar-refractivity contribution is 5.85. The highest BCUT2D eigenvalue weighted by Crippen LogP contribution is 2.29. The molecule has 3 heteroatoms. The van der Waals surface area contributed by atoms with Gasteiger partial charge >= 0.3 is 0 Å². The number of benzene rings is 1. The summed E-state index contributed by atoms with van der Waals surface area (Å²) in [6.45, 7) is 2.03. The standard InChI is InChI=1S/C14H19NO.ClH/c1-3-9-15-12-8-7-11-5-4-6-14(16-2)13(11)10-12;/h3-6,9,12,15H,7-8,10H2,1-2H3;1H/b9-3-;. The maximum absolute atomic E-state index is 5.42. The zero-order valence-electron chi connectivity index (χ0n) is 10.4. The van der Waals surface area contributed by atoms with Gasteiger partial charge in [0, 0.05) is 6.04 Å². The Bertz CT molecular complexity index is 376. The number of methoxy groups -OCH3 is 1. The molecular weight excluding hydrogens is 234 g/mol. The highest BCUT2D eigenvalue weighted by Gasteiger charge is 2.20. The van der Waals surface area contributed by atoms with E-state index in [0.29, 0.717) is 6.04 Å². The fraction of sp³-hybridized carbons (Fsp3) is 0.429. The molecule has 1 atom stereocenters. The number of ether oxygens (including phenoxy) is 1. The normalized spacial score (nSPS) is 18.4. The molecule has 2 rings (SSSR count). The first-order valence-electron chi connectivity index (χ1n) is 5.87. The van der Waals surface area contributed by atoms with Crippen LogP contribution >= 0.6 is 12.4 Å². The molecular formula is C14H20ClNO. The van der Waals surface area contributed by atoms with Crippen LogP contribution in [-0.2, 0) is 12.8 Å². The fourth-order valence-electron chi connectivity index (χ4n) is 2.32. The largest absolute Gasteiger partial charge is 0.496 e. The molecule has 1 aliphatic rings. The van der Waals surface area contributed by atoms with E-state index in [4.69, 9.17) is 4.74 Å². The van der Waals surface area contributed by atoms with Crippen LogP contribution in [0.4, 0.5) is 0 Å². The Morgan fingerprint density at radius 1 is 1.41 bits per heavy atom. The van der Waals surface area contributed by atoms with Gasteiger partial charge in [0.05, 0.1) is 7.11 Å². The second-order valence-corrected chi connectivity index (χ2v) is 4.20. The highest BCUT2D eigenvalue weighted by atomic mass is 35.5. The van der Waals surface area contributed by atoms with Crippen molar-refractivity contribution in [1.29, 1.82) is 0 Å². The van der Waals surface area contributed by atoms with Gasteiger partial charge < -0.3 is 10.1 Å². The van der Waals surface area contributed by atoms with Crippen molar-refractivity contribution in [2.75, 3.05) is 7.11 Å².